The fourth-order valence-electron chi connectivity index (χ4n) is 2.80. The van der Waals surface area contributed by atoms with Gasteiger partial charge in [-0.1, -0.05) is 30.8 Å². The summed E-state index contributed by atoms with van der Waals surface area (Å²) in [6.07, 6.45) is -1.99. The number of amides is 1. The third-order valence-corrected chi connectivity index (χ3v) is 5.36. The summed E-state index contributed by atoms with van der Waals surface area (Å²) in [6, 6.07) is 11.8. The first-order chi connectivity index (χ1) is 14.3. The first-order valence-electron chi connectivity index (χ1n) is 9.51. The van der Waals surface area contributed by atoms with Gasteiger partial charge in [0.2, 0.25) is 0 Å². The molecule has 0 aromatic heterocycles. The minimum absolute atomic E-state index is 0.183. The number of hydrogen-bond acceptors (Lipinski definition) is 4. The molecule has 0 aliphatic carbocycles. The maximum atomic E-state index is 13.0. The van der Waals surface area contributed by atoms with Crippen LogP contribution in [-0.2, 0) is 11.0 Å². The van der Waals surface area contributed by atoms with E-state index in [1.165, 1.54) is 34.9 Å². The Kier molecular flexibility index (Phi) is 6.87. The second-order valence-electron chi connectivity index (χ2n) is 6.46. The molecule has 4 nitrogen and oxygen atoms in total. The highest BCUT2D eigenvalue weighted by Gasteiger charge is 2.32. The lowest BCUT2D eigenvalue weighted by Crippen LogP contribution is -2.30. The Morgan fingerprint density at radius 2 is 1.73 bits per heavy atom. The third kappa shape index (κ3) is 5.05. The number of carbonyl (C=O) groups excluding carboxylic acids is 1. The average Bonchev–Trinajstić information content (AvgIpc) is 3.02. The molecule has 1 aliphatic rings. The lowest BCUT2D eigenvalue weighted by molar-refractivity contribution is -0.137. The van der Waals surface area contributed by atoms with Crippen LogP contribution in [0.5, 0.6) is 5.75 Å². The van der Waals surface area contributed by atoms with Crippen LogP contribution in [0.2, 0.25) is 0 Å². The second-order valence-corrected chi connectivity index (χ2v) is 7.52. The van der Waals surface area contributed by atoms with Gasteiger partial charge in [0.15, 0.2) is 5.17 Å². The van der Waals surface area contributed by atoms with E-state index in [-0.39, 0.29) is 11.6 Å². The zero-order valence-corrected chi connectivity index (χ0v) is 17.4. The standard InChI is InChI=1S/C22H21F3N2O2S/c1-3-13-30-21-26-19(14-15-5-7-16(8-6-15)22(23,24)25)20(28)27(21)17-9-11-18(12-10-17)29-4-2/h5-12,14H,3-4,13H2,1-2H3/b19-14-. The summed E-state index contributed by atoms with van der Waals surface area (Å²) in [4.78, 5) is 19.0. The first-order valence-corrected chi connectivity index (χ1v) is 10.5. The van der Waals surface area contributed by atoms with Crippen LogP contribution < -0.4 is 9.64 Å². The van der Waals surface area contributed by atoms with E-state index in [1.54, 1.807) is 24.3 Å². The number of rotatable bonds is 6. The quantitative estimate of drug-likeness (QED) is 0.525. The molecule has 30 heavy (non-hydrogen) atoms. The number of carbonyl (C=O) groups is 1. The van der Waals surface area contributed by atoms with Gasteiger partial charge in [0.25, 0.3) is 5.91 Å². The van der Waals surface area contributed by atoms with Crippen molar-refractivity contribution in [2.24, 2.45) is 4.99 Å². The van der Waals surface area contributed by atoms with E-state index in [2.05, 4.69) is 4.99 Å². The Labute approximate surface area is 177 Å². The minimum Gasteiger partial charge on any atom is -0.494 e. The molecule has 0 saturated heterocycles. The van der Waals surface area contributed by atoms with E-state index in [4.69, 9.17) is 4.74 Å². The molecule has 0 spiro atoms. The number of nitrogens with zero attached hydrogens (tertiary/aromatic N) is 2. The van der Waals surface area contributed by atoms with Crippen LogP contribution in [-0.4, -0.2) is 23.4 Å². The molecule has 0 bridgehead atoms. The van der Waals surface area contributed by atoms with Crippen molar-refractivity contribution in [3.63, 3.8) is 0 Å². The molecule has 2 aromatic carbocycles. The van der Waals surface area contributed by atoms with Crippen molar-refractivity contribution in [3.8, 4) is 5.75 Å². The normalized spacial score (nSPS) is 15.6. The Balaban J connectivity index is 1.90. The van der Waals surface area contributed by atoms with Crippen molar-refractivity contribution in [2.45, 2.75) is 26.4 Å². The number of hydrogen-bond donors (Lipinski definition) is 0. The van der Waals surface area contributed by atoms with Gasteiger partial charge < -0.3 is 4.74 Å². The topological polar surface area (TPSA) is 41.9 Å². The lowest BCUT2D eigenvalue weighted by atomic mass is 10.1. The van der Waals surface area contributed by atoms with Crippen molar-refractivity contribution in [3.05, 3.63) is 65.4 Å². The van der Waals surface area contributed by atoms with Crippen LogP contribution in [0.1, 0.15) is 31.4 Å². The molecule has 0 fully saturated rings. The third-order valence-electron chi connectivity index (χ3n) is 4.21. The molecule has 0 N–H and O–H groups in total. The SMILES string of the molecule is CCCSC1=N/C(=C\c2ccc(C(F)(F)F)cc2)C(=O)N1c1ccc(OCC)cc1. The van der Waals surface area contributed by atoms with E-state index in [1.807, 2.05) is 13.8 Å². The summed E-state index contributed by atoms with van der Waals surface area (Å²) >= 11 is 1.46. The van der Waals surface area contributed by atoms with Gasteiger partial charge in [-0.05, 0) is 61.4 Å². The number of aliphatic imine (C=N–C) groups is 1. The highest BCUT2D eigenvalue weighted by molar-refractivity contribution is 8.14. The average molecular weight is 434 g/mol. The fourth-order valence-corrected chi connectivity index (χ4v) is 3.67. The molecule has 3 rings (SSSR count). The van der Waals surface area contributed by atoms with Crippen LogP contribution >= 0.6 is 11.8 Å². The zero-order chi connectivity index (χ0) is 21.7. The van der Waals surface area contributed by atoms with E-state index >= 15 is 0 Å². The van der Waals surface area contributed by atoms with E-state index in [0.29, 0.717) is 28.8 Å². The molecule has 0 unspecified atom stereocenters. The summed E-state index contributed by atoms with van der Waals surface area (Å²) < 4.78 is 43.7. The van der Waals surface area contributed by atoms with Crippen molar-refractivity contribution >= 4 is 34.6 Å². The fraction of sp³-hybridized carbons (Fsp3) is 0.273. The number of ether oxygens (including phenoxy) is 1. The van der Waals surface area contributed by atoms with Gasteiger partial charge in [0.05, 0.1) is 17.9 Å². The minimum atomic E-state index is -4.40. The molecule has 0 saturated carbocycles. The Bertz CT molecular complexity index is 952. The highest BCUT2D eigenvalue weighted by Crippen LogP contribution is 2.32. The maximum Gasteiger partial charge on any atom is 0.416 e. The number of amidine groups is 1. The zero-order valence-electron chi connectivity index (χ0n) is 16.6. The van der Waals surface area contributed by atoms with Crippen LogP contribution in [0.4, 0.5) is 18.9 Å². The smallest absolute Gasteiger partial charge is 0.416 e. The van der Waals surface area contributed by atoms with Gasteiger partial charge in [-0.25, -0.2) is 4.99 Å². The summed E-state index contributed by atoms with van der Waals surface area (Å²) in [5.41, 5.74) is 0.577. The van der Waals surface area contributed by atoms with Crippen LogP contribution in [0.3, 0.4) is 0 Å². The molecule has 1 amide bonds. The Morgan fingerprint density at radius 3 is 2.30 bits per heavy atom. The van der Waals surface area contributed by atoms with Gasteiger partial charge in [-0.15, -0.1) is 0 Å². The number of alkyl halides is 3. The molecule has 158 valence electrons. The number of anilines is 1. The predicted octanol–water partition coefficient (Wildman–Crippen LogP) is 5.99. The largest absolute Gasteiger partial charge is 0.494 e. The molecular weight excluding hydrogens is 413 g/mol. The molecule has 1 aliphatic heterocycles. The van der Waals surface area contributed by atoms with Crippen LogP contribution in [0, 0.1) is 0 Å². The van der Waals surface area contributed by atoms with Crippen molar-refractivity contribution in [1.82, 2.24) is 0 Å². The summed E-state index contributed by atoms with van der Waals surface area (Å²) in [7, 11) is 0. The summed E-state index contributed by atoms with van der Waals surface area (Å²) in [5, 5.41) is 0.546. The van der Waals surface area contributed by atoms with Crippen LogP contribution in [0.15, 0.2) is 59.2 Å². The van der Waals surface area contributed by atoms with Crippen molar-refractivity contribution in [2.75, 3.05) is 17.3 Å². The van der Waals surface area contributed by atoms with Gasteiger partial charge in [0.1, 0.15) is 11.4 Å². The second kappa shape index (κ2) is 9.38. The van der Waals surface area contributed by atoms with Gasteiger partial charge >= 0.3 is 6.18 Å². The number of benzene rings is 2. The number of halogens is 3. The Morgan fingerprint density at radius 1 is 1.07 bits per heavy atom. The van der Waals surface area contributed by atoms with Crippen molar-refractivity contribution in [1.29, 1.82) is 0 Å². The summed E-state index contributed by atoms with van der Waals surface area (Å²) in [5.74, 6) is 1.17. The molecule has 8 heteroatoms. The van der Waals surface area contributed by atoms with E-state index < -0.39 is 11.7 Å². The highest BCUT2D eigenvalue weighted by atomic mass is 32.2. The first kappa shape index (κ1) is 22.0. The molecule has 0 radical (unpaired) electrons. The van der Waals surface area contributed by atoms with E-state index in [9.17, 15) is 18.0 Å². The Hall–Kier alpha value is -2.74. The van der Waals surface area contributed by atoms with E-state index in [0.717, 1.165) is 24.3 Å². The molecule has 1 heterocycles. The van der Waals surface area contributed by atoms with Gasteiger partial charge in [-0.3, -0.25) is 9.69 Å². The predicted molar refractivity (Wildman–Crippen MR) is 115 cm³/mol. The van der Waals surface area contributed by atoms with Crippen molar-refractivity contribution < 1.29 is 22.7 Å². The van der Waals surface area contributed by atoms with Crippen LogP contribution in [0.25, 0.3) is 6.08 Å². The maximum absolute atomic E-state index is 13.0. The van der Waals surface area contributed by atoms with Gasteiger partial charge in [-0.2, -0.15) is 13.2 Å². The summed E-state index contributed by atoms with van der Waals surface area (Å²) in [6.45, 7) is 4.47. The lowest BCUT2D eigenvalue weighted by Gasteiger charge is -2.18. The number of thioether (sulfide) groups is 1. The van der Waals surface area contributed by atoms with Gasteiger partial charge in [0, 0.05) is 5.75 Å². The molecular formula is C22H21F3N2O2S. The molecule has 2 aromatic rings. The molecule has 0 atom stereocenters. The monoisotopic (exact) mass is 434 g/mol.